The summed E-state index contributed by atoms with van der Waals surface area (Å²) in [5.41, 5.74) is 1.17. The van der Waals surface area contributed by atoms with Crippen molar-refractivity contribution in [3.8, 4) is 0 Å². The number of unbranched alkanes of at least 4 members (excludes halogenated alkanes) is 1. The Bertz CT molecular complexity index is 495. The molecule has 0 aliphatic rings. The van der Waals surface area contributed by atoms with E-state index >= 15 is 0 Å². The Morgan fingerprint density at radius 2 is 1.96 bits per heavy atom. The first-order valence-electron chi connectivity index (χ1n) is 7.30. The molecule has 7 heteroatoms. The minimum absolute atomic E-state index is 0. The molecule has 1 aromatic carbocycles. The SMILES string of the molecule is CN=C(NCCCCC(=O)OC)N(C)Cc1ccc(Cl)cc1.I. The molecular formula is C16H25ClIN3O2. The molecule has 1 rings (SSSR count). The highest BCUT2D eigenvalue weighted by Crippen LogP contribution is 2.11. The van der Waals surface area contributed by atoms with Crippen LogP contribution in [0.2, 0.25) is 5.02 Å². The van der Waals surface area contributed by atoms with Crippen LogP contribution in [0.4, 0.5) is 0 Å². The molecule has 0 heterocycles. The zero-order chi connectivity index (χ0) is 16.4. The van der Waals surface area contributed by atoms with Crippen molar-refractivity contribution in [2.45, 2.75) is 25.8 Å². The fraction of sp³-hybridized carbons (Fsp3) is 0.500. The van der Waals surface area contributed by atoms with Crippen LogP contribution in [0.5, 0.6) is 0 Å². The van der Waals surface area contributed by atoms with Gasteiger partial charge >= 0.3 is 5.97 Å². The van der Waals surface area contributed by atoms with Crippen molar-refractivity contribution < 1.29 is 9.53 Å². The van der Waals surface area contributed by atoms with Gasteiger partial charge in [-0.1, -0.05) is 23.7 Å². The number of ether oxygens (including phenoxy) is 1. The molecule has 130 valence electrons. The third kappa shape index (κ3) is 9.00. The van der Waals surface area contributed by atoms with E-state index in [1.54, 1.807) is 7.05 Å². The number of carbonyl (C=O) groups is 1. The minimum Gasteiger partial charge on any atom is -0.469 e. The van der Waals surface area contributed by atoms with Gasteiger partial charge in [0.2, 0.25) is 0 Å². The first-order chi connectivity index (χ1) is 10.6. The lowest BCUT2D eigenvalue weighted by atomic mass is 10.2. The van der Waals surface area contributed by atoms with Crippen molar-refractivity contribution >= 4 is 47.5 Å². The zero-order valence-electron chi connectivity index (χ0n) is 13.8. The van der Waals surface area contributed by atoms with Crippen LogP contribution in [0.3, 0.4) is 0 Å². The van der Waals surface area contributed by atoms with Crippen molar-refractivity contribution in [3.05, 3.63) is 34.9 Å². The van der Waals surface area contributed by atoms with Crippen LogP contribution in [0, 0.1) is 0 Å². The van der Waals surface area contributed by atoms with Gasteiger partial charge in [-0.05, 0) is 30.5 Å². The molecule has 0 unspecified atom stereocenters. The maximum atomic E-state index is 11.0. The summed E-state index contributed by atoms with van der Waals surface area (Å²) in [5, 5.41) is 4.03. The smallest absolute Gasteiger partial charge is 0.305 e. The lowest BCUT2D eigenvalue weighted by Gasteiger charge is -2.22. The molecule has 0 aliphatic carbocycles. The standard InChI is InChI=1S/C16H24ClN3O2.HI/c1-18-16(19-11-5-4-6-15(21)22-3)20(2)12-13-7-9-14(17)10-8-13;/h7-10H,4-6,11-12H2,1-3H3,(H,18,19);1H. The van der Waals surface area contributed by atoms with Gasteiger partial charge < -0.3 is 15.0 Å². The quantitative estimate of drug-likeness (QED) is 0.226. The topological polar surface area (TPSA) is 53.9 Å². The highest BCUT2D eigenvalue weighted by atomic mass is 127. The summed E-state index contributed by atoms with van der Waals surface area (Å²) < 4.78 is 4.61. The number of guanidine groups is 1. The van der Waals surface area contributed by atoms with E-state index in [-0.39, 0.29) is 29.9 Å². The summed E-state index contributed by atoms with van der Waals surface area (Å²) in [5.74, 6) is 0.664. The van der Waals surface area contributed by atoms with Crippen molar-refractivity contribution in [2.24, 2.45) is 4.99 Å². The normalized spacial score (nSPS) is 10.7. The summed E-state index contributed by atoms with van der Waals surface area (Å²) in [6.07, 6.45) is 2.15. The number of hydrogen-bond donors (Lipinski definition) is 1. The molecule has 0 saturated carbocycles. The van der Waals surface area contributed by atoms with Crippen molar-refractivity contribution in [1.82, 2.24) is 10.2 Å². The van der Waals surface area contributed by atoms with Gasteiger partial charge in [-0.3, -0.25) is 9.79 Å². The summed E-state index contributed by atoms with van der Waals surface area (Å²) >= 11 is 5.89. The molecule has 0 aromatic heterocycles. The predicted octanol–water partition coefficient (Wildman–Crippen LogP) is 3.31. The first kappa shape index (κ1) is 22.0. The minimum atomic E-state index is -0.163. The van der Waals surface area contributed by atoms with Crippen LogP contribution in [0.1, 0.15) is 24.8 Å². The molecule has 0 aliphatic heterocycles. The van der Waals surface area contributed by atoms with E-state index in [4.69, 9.17) is 11.6 Å². The van der Waals surface area contributed by atoms with Gasteiger partial charge in [0, 0.05) is 38.6 Å². The molecule has 0 saturated heterocycles. The highest BCUT2D eigenvalue weighted by Gasteiger charge is 2.06. The summed E-state index contributed by atoms with van der Waals surface area (Å²) in [6.45, 7) is 1.52. The number of benzene rings is 1. The number of methoxy groups -OCH3 is 1. The zero-order valence-corrected chi connectivity index (χ0v) is 16.9. The molecule has 0 amide bonds. The lowest BCUT2D eigenvalue weighted by Crippen LogP contribution is -2.38. The van der Waals surface area contributed by atoms with E-state index in [1.165, 1.54) is 12.7 Å². The maximum absolute atomic E-state index is 11.0. The maximum Gasteiger partial charge on any atom is 0.305 e. The van der Waals surface area contributed by atoms with E-state index in [0.717, 1.165) is 36.9 Å². The number of rotatable bonds is 7. The Morgan fingerprint density at radius 1 is 1.30 bits per heavy atom. The molecule has 0 spiro atoms. The van der Waals surface area contributed by atoms with Gasteiger partial charge in [0.1, 0.15) is 0 Å². The molecule has 23 heavy (non-hydrogen) atoms. The number of aliphatic imine (C=N–C) groups is 1. The second kappa shape index (κ2) is 12.4. The van der Waals surface area contributed by atoms with Crippen LogP contribution < -0.4 is 5.32 Å². The summed E-state index contributed by atoms with van der Waals surface area (Å²) in [7, 11) is 5.15. The van der Waals surface area contributed by atoms with Gasteiger partial charge in [-0.25, -0.2) is 0 Å². The van der Waals surface area contributed by atoms with E-state index in [2.05, 4.69) is 15.0 Å². The molecule has 0 radical (unpaired) electrons. The first-order valence-corrected chi connectivity index (χ1v) is 7.67. The Morgan fingerprint density at radius 3 is 2.52 bits per heavy atom. The van der Waals surface area contributed by atoms with Crippen LogP contribution >= 0.6 is 35.6 Å². The van der Waals surface area contributed by atoms with Crippen LogP contribution in [-0.4, -0.2) is 44.6 Å². The van der Waals surface area contributed by atoms with Gasteiger partial charge in [0.15, 0.2) is 5.96 Å². The van der Waals surface area contributed by atoms with Gasteiger partial charge in [-0.2, -0.15) is 0 Å². The number of nitrogens with one attached hydrogen (secondary N) is 1. The largest absolute Gasteiger partial charge is 0.469 e. The number of carbonyl (C=O) groups excluding carboxylic acids is 1. The molecule has 1 aromatic rings. The van der Waals surface area contributed by atoms with Crippen LogP contribution in [-0.2, 0) is 16.1 Å². The third-order valence-corrected chi connectivity index (χ3v) is 3.48. The molecule has 1 N–H and O–H groups in total. The lowest BCUT2D eigenvalue weighted by molar-refractivity contribution is -0.140. The fourth-order valence-electron chi connectivity index (χ4n) is 2.02. The predicted molar refractivity (Wildman–Crippen MR) is 106 cm³/mol. The second-order valence-corrected chi connectivity index (χ2v) is 5.43. The van der Waals surface area contributed by atoms with Crippen molar-refractivity contribution in [2.75, 3.05) is 27.7 Å². The van der Waals surface area contributed by atoms with Crippen molar-refractivity contribution in [3.63, 3.8) is 0 Å². The van der Waals surface area contributed by atoms with E-state index in [0.29, 0.717) is 6.42 Å². The number of esters is 1. The van der Waals surface area contributed by atoms with E-state index in [1.807, 2.05) is 36.2 Å². The highest BCUT2D eigenvalue weighted by molar-refractivity contribution is 14.0. The van der Waals surface area contributed by atoms with Gasteiger partial charge in [0.05, 0.1) is 7.11 Å². The second-order valence-electron chi connectivity index (χ2n) is 4.99. The number of nitrogens with zero attached hydrogens (tertiary/aromatic N) is 2. The summed E-state index contributed by atoms with van der Waals surface area (Å²) in [4.78, 5) is 17.3. The molecule has 0 atom stereocenters. The Labute approximate surface area is 160 Å². The summed E-state index contributed by atoms with van der Waals surface area (Å²) in [6, 6.07) is 7.77. The Balaban J connectivity index is 0.00000484. The molecule has 5 nitrogen and oxygen atoms in total. The monoisotopic (exact) mass is 453 g/mol. The third-order valence-electron chi connectivity index (χ3n) is 3.22. The number of halogens is 2. The molecule has 0 fully saturated rings. The molecular weight excluding hydrogens is 429 g/mol. The average molecular weight is 454 g/mol. The van der Waals surface area contributed by atoms with E-state index in [9.17, 15) is 4.79 Å². The van der Waals surface area contributed by atoms with Crippen molar-refractivity contribution in [1.29, 1.82) is 0 Å². The van der Waals surface area contributed by atoms with Gasteiger partial charge in [-0.15, -0.1) is 24.0 Å². The molecule has 0 bridgehead atoms. The Kier molecular flexibility index (Phi) is 11.9. The number of hydrogen-bond acceptors (Lipinski definition) is 3. The van der Waals surface area contributed by atoms with Crippen LogP contribution in [0.25, 0.3) is 0 Å². The fourth-order valence-corrected chi connectivity index (χ4v) is 2.15. The van der Waals surface area contributed by atoms with Gasteiger partial charge in [0.25, 0.3) is 0 Å². The average Bonchev–Trinajstić information content (AvgIpc) is 2.52. The Hall–Kier alpha value is -1.02. The van der Waals surface area contributed by atoms with Crippen LogP contribution in [0.15, 0.2) is 29.3 Å². The van der Waals surface area contributed by atoms with E-state index < -0.39 is 0 Å².